The summed E-state index contributed by atoms with van der Waals surface area (Å²) in [5.74, 6) is 2.25. The summed E-state index contributed by atoms with van der Waals surface area (Å²) in [6.45, 7) is 5.07. The van der Waals surface area contributed by atoms with E-state index in [4.69, 9.17) is 15.2 Å². The minimum atomic E-state index is 0.0846. The Kier molecular flexibility index (Phi) is 4.59. The van der Waals surface area contributed by atoms with E-state index >= 15 is 0 Å². The predicted octanol–water partition coefficient (Wildman–Crippen LogP) is 3.60. The Morgan fingerprint density at radius 1 is 1.10 bits per heavy atom. The first-order chi connectivity index (χ1) is 9.57. The monoisotopic (exact) mass is 277 g/mol. The summed E-state index contributed by atoms with van der Waals surface area (Å²) in [6.07, 6.45) is 4.82. The molecule has 0 atom stereocenters. The van der Waals surface area contributed by atoms with Crippen LogP contribution in [0.3, 0.4) is 0 Å². The third-order valence-corrected chi connectivity index (χ3v) is 4.70. The van der Waals surface area contributed by atoms with Gasteiger partial charge in [0, 0.05) is 23.6 Å². The quantitative estimate of drug-likeness (QED) is 0.894. The maximum atomic E-state index is 6.13. The maximum Gasteiger partial charge on any atom is 0.126 e. The molecule has 2 N–H and O–H groups in total. The van der Waals surface area contributed by atoms with Crippen molar-refractivity contribution in [1.29, 1.82) is 0 Å². The van der Waals surface area contributed by atoms with E-state index in [-0.39, 0.29) is 5.41 Å². The Balaban J connectivity index is 2.58. The molecule has 0 bridgehead atoms. The van der Waals surface area contributed by atoms with Crippen molar-refractivity contribution in [3.63, 3.8) is 0 Å². The predicted molar refractivity (Wildman–Crippen MR) is 82.8 cm³/mol. The summed E-state index contributed by atoms with van der Waals surface area (Å²) < 4.78 is 11.1. The first kappa shape index (κ1) is 15.2. The Hall–Kier alpha value is -1.22. The lowest BCUT2D eigenvalue weighted by molar-refractivity contribution is 0.365. The van der Waals surface area contributed by atoms with Crippen molar-refractivity contribution in [1.82, 2.24) is 0 Å². The van der Waals surface area contributed by atoms with Gasteiger partial charge in [-0.25, -0.2) is 0 Å². The minimum absolute atomic E-state index is 0.0846. The van der Waals surface area contributed by atoms with Crippen molar-refractivity contribution >= 4 is 0 Å². The lowest BCUT2D eigenvalue weighted by atomic mass is 9.77. The van der Waals surface area contributed by atoms with Gasteiger partial charge in [-0.2, -0.15) is 0 Å². The number of rotatable bonds is 5. The molecule has 0 radical (unpaired) electrons. The Labute approximate surface area is 122 Å². The van der Waals surface area contributed by atoms with Crippen molar-refractivity contribution in [3.05, 3.63) is 23.3 Å². The lowest BCUT2D eigenvalue weighted by Gasteiger charge is -2.31. The molecule has 3 heteroatoms. The average Bonchev–Trinajstić information content (AvgIpc) is 2.95. The van der Waals surface area contributed by atoms with Crippen LogP contribution < -0.4 is 15.2 Å². The van der Waals surface area contributed by atoms with Crippen LogP contribution in [0.2, 0.25) is 0 Å². The third-order valence-electron chi connectivity index (χ3n) is 4.70. The molecule has 0 unspecified atom stereocenters. The van der Waals surface area contributed by atoms with Crippen LogP contribution in [0.1, 0.15) is 56.6 Å². The molecule has 1 aliphatic carbocycles. The van der Waals surface area contributed by atoms with E-state index in [2.05, 4.69) is 19.9 Å². The SMILES string of the molecule is COc1cc(OC)c(C2(CN)CCCC2)cc1C(C)C. The van der Waals surface area contributed by atoms with E-state index in [0.29, 0.717) is 12.5 Å². The number of hydrogen-bond donors (Lipinski definition) is 1. The molecule has 1 fully saturated rings. The number of benzene rings is 1. The molecule has 0 heterocycles. The Bertz CT molecular complexity index is 462. The molecule has 0 aromatic heterocycles. The number of methoxy groups -OCH3 is 2. The molecule has 0 saturated heterocycles. The van der Waals surface area contributed by atoms with Gasteiger partial charge in [0.1, 0.15) is 11.5 Å². The number of nitrogens with two attached hydrogens (primary N) is 1. The van der Waals surface area contributed by atoms with Gasteiger partial charge in [0.15, 0.2) is 0 Å². The highest BCUT2D eigenvalue weighted by molar-refractivity contribution is 5.51. The van der Waals surface area contributed by atoms with Crippen molar-refractivity contribution in [2.24, 2.45) is 5.73 Å². The highest BCUT2D eigenvalue weighted by Gasteiger charge is 2.37. The van der Waals surface area contributed by atoms with Gasteiger partial charge in [-0.3, -0.25) is 0 Å². The van der Waals surface area contributed by atoms with Crippen LogP contribution in [0, 0.1) is 0 Å². The normalized spacial score (nSPS) is 17.5. The molecule has 0 spiro atoms. The molecule has 1 aliphatic rings. The lowest BCUT2D eigenvalue weighted by Crippen LogP contribution is -2.32. The summed E-state index contributed by atoms with van der Waals surface area (Å²) in [5, 5.41) is 0. The summed E-state index contributed by atoms with van der Waals surface area (Å²) in [5.41, 5.74) is 8.73. The zero-order valence-electron chi connectivity index (χ0n) is 13.2. The van der Waals surface area contributed by atoms with Crippen molar-refractivity contribution < 1.29 is 9.47 Å². The summed E-state index contributed by atoms with van der Waals surface area (Å²) in [6, 6.07) is 4.29. The average molecular weight is 277 g/mol. The van der Waals surface area contributed by atoms with Gasteiger partial charge >= 0.3 is 0 Å². The van der Waals surface area contributed by atoms with Crippen LogP contribution in [0.25, 0.3) is 0 Å². The van der Waals surface area contributed by atoms with Crippen molar-refractivity contribution in [2.75, 3.05) is 20.8 Å². The molecule has 2 rings (SSSR count). The standard InChI is InChI=1S/C17H27NO2/c1-12(2)13-9-14(16(20-4)10-15(13)19-3)17(11-18)7-5-6-8-17/h9-10,12H,5-8,11,18H2,1-4H3. The smallest absolute Gasteiger partial charge is 0.126 e. The fraction of sp³-hybridized carbons (Fsp3) is 0.647. The Morgan fingerprint density at radius 3 is 2.15 bits per heavy atom. The fourth-order valence-electron chi connectivity index (χ4n) is 3.42. The first-order valence-electron chi connectivity index (χ1n) is 7.54. The van der Waals surface area contributed by atoms with E-state index < -0.39 is 0 Å². The topological polar surface area (TPSA) is 44.5 Å². The van der Waals surface area contributed by atoms with Gasteiger partial charge in [-0.1, -0.05) is 26.7 Å². The highest BCUT2D eigenvalue weighted by atomic mass is 16.5. The molecule has 112 valence electrons. The van der Waals surface area contributed by atoms with E-state index in [0.717, 1.165) is 24.3 Å². The first-order valence-corrected chi connectivity index (χ1v) is 7.54. The van der Waals surface area contributed by atoms with Crippen LogP contribution in [0.5, 0.6) is 11.5 Å². The zero-order valence-corrected chi connectivity index (χ0v) is 13.2. The van der Waals surface area contributed by atoms with Gasteiger partial charge in [0.05, 0.1) is 14.2 Å². The second-order valence-electron chi connectivity index (χ2n) is 6.14. The van der Waals surface area contributed by atoms with Gasteiger partial charge < -0.3 is 15.2 Å². The van der Waals surface area contributed by atoms with Crippen LogP contribution >= 0.6 is 0 Å². The van der Waals surface area contributed by atoms with E-state index in [1.54, 1.807) is 14.2 Å². The molecule has 1 saturated carbocycles. The summed E-state index contributed by atoms with van der Waals surface area (Å²) >= 11 is 0. The number of hydrogen-bond acceptors (Lipinski definition) is 3. The molecule has 1 aromatic rings. The van der Waals surface area contributed by atoms with Crippen LogP contribution in [0.15, 0.2) is 12.1 Å². The Morgan fingerprint density at radius 2 is 1.70 bits per heavy atom. The van der Waals surface area contributed by atoms with E-state index in [1.807, 2.05) is 6.07 Å². The van der Waals surface area contributed by atoms with Crippen LogP contribution in [-0.2, 0) is 5.41 Å². The summed E-state index contributed by atoms with van der Waals surface area (Å²) in [7, 11) is 3.45. The van der Waals surface area contributed by atoms with Gasteiger partial charge in [-0.05, 0) is 30.4 Å². The molecule has 20 heavy (non-hydrogen) atoms. The van der Waals surface area contributed by atoms with Gasteiger partial charge in [-0.15, -0.1) is 0 Å². The van der Waals surface area contributed by atoms with Gasteiger partial charge in [0.2, 0.25) is 0 Å². The van der Waals surface area contributed by atoms with E-state index in [1.165, 1.54) is 24.0 Å². The second kappa shape index (κ2) is 6.04. The summed E-state index contributed by atoms with van der Waals surface area (Å²) in [4.78, 5) is 0. The zero-order chi connectivity index (χ0) is 14.8. The molecular weight excluding hydrogens is 250 g/mol. The third kappa shape index (κ3) is 2.51. The molecule has 0 amide bonds. The van der Waals surface area contributed by atoms with Crippen LogP contribution in [0.4, 0.5) is 0 Å². The van der Waals surface area contributed by atoms with Gasteiger partial charge in [0.25, 0.3) is 0 Å². The highest BCUT2D eigenvalue weighted by Crippen LogP contribution is 2.46. The van der Waals surface area contributed by atoms with E-state index in [9.17, 15) is 0 Å². The minimum Gasteiger partial charge on any atom is -0.496 e. The van der Waals surface area contributed by atoms with Crippen LogP contribution in [-0.4, -0.2) is 20.8 Å². The molecule has 0 aliphatic heterocycles. The second-order valence-corrected chi connectivity index (χ2v) is 6.14. The maximum absolute atomic E-state index is 6.13. The van der Waals surface area contributed by atoms with Crippen molar-refractivity contribution in [2.45, 2.75) is 50.9 Å². The fourth-order valence-corrected chi connectivity index (χ4v) is 3.42. The molecule has 3 nitrogen and oxygen atoms in total. The molecule has 1 aromatic carbocycles. The van der Waals surface area contributed by atoms with Crippen molar-refractivity contribution in [3.8, 4) is 11.5 Å². The largest absolute Gasteiger partial charge is 0.496 e. The number of ether oxygens (including phenoxy) is 2. The molecular formula is C17H27NO2.